The maximum Gasteiger partial charge on any atom is 0.167 e. The zero-order valence-electron chi connectivity index (χ0n) is 23.7. The number of para-hydroxylation sites is 2. The van der Waals surface area contributed by atoms with E-state index in [1.165, 1.54) is 22.3 Å². The molecule has 0 N–H and O–H groups in total. The van der Waals surface area contributed by atoms with Crippen LogP contribution in [0.4, 0.5) is 0 Å². The number of fused-ring (bicyclic) bond motifs is 9. The van der Waals surface area contributed by atoms with E-state index in [1.807, 2.05) is 66.7 Å². The summed E-state index contributed by atoms with van der Waals surface area (Å²) in [6.45, 7) is 0. The standard InChI is InChI=1S/C40H25N3O/c1-3-14-26(15-4-1)37-41-38(27-16-5-2-6-17-27)43-39(42-37)30-20-13-24-34-36(30)44-35-25-12-11-23-33(35)40(34)31-21-9-7-18-28(31)29-19-8-10-22-32(29)40/h1-25H. The lowest BCUT2D eigenvalue weighted by molar-refractivity contribution is 0.437. The van der Waals surface area contributed by atoms with Gasteiger partial charge in [-0.25, -0.2) is 15.0 Å². The maximum atomic E-state index is 6.87. The van der Waals surface area contributed by atoms with Crippen LogP contribution >= 0.6 is 0 Å². The Morgan fingerprint density at radius 1 is 0.364 bits per heavy atom. The van der Waals surface area contributed by atoms with Gasteiger partial charge < -0.3 is 4.74 Å². The zero-order chi connectivity index (χ0) is 29.1. The summed E-state index contributed by atoms with van der Waals surface area (Å²) in [4.78, 5) is 15.0. The van der Waals surface area contributed by atoms with E-state index in [-0.39, 0.29) is 0 Å². The first-order valence-electron chi connectivity index (χ1n) is 14.8. The van der Waals surface area contributed by atoms with Crippen LogP contribution in [0.3, 0.4) is 0 Å². The van der Waals surface area contributed by atoms with E-state index in [4.69, 9.17) is 19.7 Å². The SMILES string of the molecule is c1ccc(-c2nc(-c3ccccc3)nc(-c3cccc4c3Oc3ccccc3C43c4ccccc4-c4ccccc43)n2)cc1. The van der Waals surface area contributed by atoms with E-state index in [1.54, 1.807) is 0 Å². The summed E-state index contributed by atoms with van der Waals surface area (Å²) in [5.41, 5.74) is 9.34. The molecule has 1 aliphatic heterocycles. The third kappa shape index (κ3) is 3.48. The molecule has 1 aromatic heterocycles. The van der Waals surface area contributed by atoms with Crippen molar-refractivity contribution in [2.24, 2.45) is 0 Å². The van der Waals surface area contributed by atoms with E-state index in [2.05, 4.69) is 84.9 Å². The number of benzene rings is 6. The molecule has 4 nitrogen and oxygen atoms in total. The molecule has 0 saturated heterocycles. The molecule has 2 heterocycles. The molecule has 4 heteroatoms. The molecule has 0 fully saturated rings. The summed E-state index contributed by atoms with van der Waals surface area (Å²) in [6, 6.07) is 52.4. The van der Waals surface area contributed by atoms with Gasteiger partial charge in [-0.3, -0.25) is 0 Å². The second-order valence-corrected chi connectivity index (χ2v) is 11.2. The molecule has 0 radical (unpaired) electrons. The van der Waals surface area contributed by atoms with E-state index < -0.39 is 5.41 Å². The summed E-state index contributed by atoms with van der Waals surface area (Å²) in [7, 11) is 0. The van der Waals surface area contributed by atoms with Crippen molar-refractivity contribution in [3.05, 3.63) is 174 Å². The Morgan fingerprint density at radius 2 is 0.818 bits per heavy atom. The van der Waals surface area contributed by atoms with Crippen LogP contribution in [-0.2, 0) is 5.41 Å². The van der Waals surface area contributed by atoms with Gasteiger partial charge in [0.05, 0.1) is 11.0 Å². The van der Waals surface area contributed by atoms with Gasteiger partial charge in [0.15, 0.2) is 17.5 Å². The Labute approximate surface area is 255 Å². The van der Waals surface area contributed by atoms with Crippen molar-refractivity contribution in [2.75, 3.05) is 0 Å². The van der Waals surface area contributed by atoms with Crippen LogP contribution in [0.15, 0.2) is 152 Å². The van der Waals surface area contributed by atoms with Crippen LogP contribution in [0.2, 0.25) is 0 Å². The molecule has 9 rings (SSSR count). The number of ether oxygens (including phenoxy) is 1. The molecule has 0 amide bonds. The first kappa shape index (κ1) is 24.7. The average molecular weight is 564 g/mol. The number of hydrogen-bond donors (Lipinski definition) is 0. The molecule has 6 aromatic carbocycles. The molecular weight excluding hydrogens is 538 g/mol. The largest absolute Gasteiger partial charge is 0.456 e. The number of hydrogen-bond acceptors (Lipinski definition) is 4. The third-order valence-corrected chi connectivity index (χ3v) is 8.81. The summed E-state index contributed by atoms with van der Waals surface area (Å²) in [6.07, 6.45) is 0. The van der Waals surface area contributed by atoms with Crippen LogP contribution in [0.5, 0.6) is 11.5 Å². The van der Waals surface area contributed by atoms with Gasteiger partial charge in [0.1, 0.15) is 11.5 Å². The van der Waals surface area contributed by atoms with Crippen LogP contribution in [0.25, 0.3) is 45.3 Å². The molecule has 1 spiro atoms. The number of rotatable bonds is 3. The Balaban J connectivity index is 1.35. The minimum atomic E-state index is -0.551. The molecule has 206 valence electrons. The van der Waals surface area contributed by atoms with Gasteiger partial charge in [-0.15, -0.1) is 0 Å². The maximum absolute atomic E-state index is 6.87. The van der Waals surface area contributed by atoms with Crippen LogP contribution in [0.1, 0.15) is 22.3 Å². The molecular formula is C40H25N3O. The van der Waals surface area contributed by atoms with Gasteiger partial charge in [-0.05, 0) is 34.4 Å². The Bertz CT molecular complexity index is 2110. The minimum Gasteiger partial charge on any atom is -0.456 e. The summed E-state index contributed by atoms with van der Waals surface area (Å²) in [5.74, 6) is 3.41. The molecule has 0 atom stereocenters. The van der Waals surface area contributed by atoms with Gasteiger partial charge in [0, 0.05) is 22.3 Å². The molecule has 1 aliphatic carbocycles. The van der Waals surface area contributed by atoms with Crippen molar-refractivity contribution in [2.45, 2.75) is 5.41 Å². The predicted molar refractivity (Wildman–Crippen MR) is 174 cm³/mol. The Kier molecular flexibility index (Phi) is 5.38. The zero-order valence-corrected chi connectivity index (χ0v) is 23.7. The highest BCUT2D eigenvalue weighted by Gasteiger charge is 2.51. The topological polar surface area (TPSA) is 47.9 Å². The van der Waals surface area contributed by atoms with Gasteiger partial charge in [-0.1, -0.05) is 140 Å². The fraction of sp³-hybridized carbons (Fsp3) is 0.0250. The third-order valence-electron chi connectivity index (χ3n) is 8.81. The Hall–Kier alpha value is -5.87. The monoisotopic (exact) mass is 563 g/mol. The predicted octanol–water partition coefficient (Wildman–Crippen LogP) is 9.34. The highest BCUT2D eigenvalue weighted by Crippen LogP contribution is 2.62. The molecule has 0 bridgehead atoms. The molecule has 44 heavy (non-hydrogen) atoms. The van der Waals surface area contributed by atoms with E-state index in [0.29, 0.717) is 17.5 Å². The summed E-state index contributed by atoms with van der Waals surface area (Å²) < 4.78 is 6.87. The van der Waals surface area contributed by atoms with Crippen molar-refractivity contribution in [3.8, 4) is 56.8 Å². The van der Waals surface area contributed by atoms with Gasteiger partial charge in [0.2, 0.25) is 0 Å². The highest BCUT2D eigenvalue weighted by atomic mass is 16.5. The second kappa shape index (κ2) is 9.58. The molecule has 2 aliphatic rings. The quantitative estimate of drug-likeness (QED) is 0.215. The molecule has 0 unspecified atom stereocenters. The normalized spacial score (nSPS) is 13.4. The van der Waals surface area contributed by atoms with Gasteiger partial charge in [0.25, 0.3) is 0 Å². The van der Waals surface area contributed by atoms with Crippen molar-refractivity contribution in [1.82, 2.24) is 15.0 Å². The van der Waals surface area contributed by atoms with Crippen molar-refractivity contribution >= 4 is 0 Å². The van der Waals surface area contributed by atoms with Crippen molar-refractivity contribution in [1.29, 1.82) is 0 Å². The minimum absolute atomic E-state index is 0.551. The second-order valence-electron chi connectivity index (χ2n) is 11.2. The summed E-state index contributed by atoms with van der Waals surface area (Å²) in [5, 5.41) is 0. The lowest BCUT2D eigenvalue weighted by Crippen LogP contribution is -2.32. The number of nitrogens with zero attached hydrogens (tertiary/aromatic N) is 3. The van der Waals surface area contributed by atoms with E-state index >= 15 is 0 Å². The number of aromatic nitrogens is 3. The first-order chi connectivity index (χ1) is 21.8. The average Bonchev–Trinajstić information content (AvgIpc) is 3.40. The highest BCUT2D eigenvalue weighted by molar-refractivity contribution is 5.90. The lowest BCUT2D eigenvalue weighted by Gasteiger charge is -2.39. The first-order valence-corrected chi connectivity index (χ1v) is 14.8. The summed E-state index contributed by atoms with van der Waals surface area (Å²) >= 11 is 0. The van der Waals surface area contributed by atoms with Crippen molar-refractivity contribution in [3.63, 3.8) is 0 Å². The van der Waals surface area contributed by atoms with E-state index in [0.717, 1.165) is 39.3 Å². The molecule has 0 saturated carbocycles. The van der Waals surface area contributed by atoms with Crippen LogP contribution in [-0.4, -0.2) is 15.0 Å². The van der Waals surface area contributed by atoms with E-state index in [9.17, 15) is 0 Å². The van der Waals surface area contributed by atoms with Gasteiger partial charge >= 0.3 is 0 Å². The fourth-order valence-corrected chi connectivity index (χ4v) is 6.98. The molecule has 7 aromatic rings. The van der Waals surface area contributed by atoms with Crippen LogP contribution < -0.4 is 4.74 Å². The fourth-order valence-electron chi connectivity index (χ4n) is 6.98. The Morgan fingerprint density at radius 3 is 1.43 bits per heavy atom. The van der Waals surface area contributed by atoms with Crippen LogP contribution in [0, 0.1) is 0 Å². The van der Waals surface area contributed by atoms with Gasteiger partial charge in [-0.2, -0.15) is 0 Å². The lowest BCUT2D eigenvalue weighted by atomic mass is 9.66. The van der Waals surface area contributed by atoms with Crippen molar-refractivity contribution < 1.29 is 4.74 Å². The smallest absolute Gasteiger partial charge is 0.167 e.